The van der Waals surface area contributed by atoms with Crippen LogP contribution in [0, 0.1) is 0 Å². The zero-order chi connectivity index (χ0) is 13.2. The minimum Gasteiger partial charge on any atom is -0.452 e. The first-order valence-corrected chi connectivity index (χ1v) is 6.46. The monoisotopic (exact) mass is 251 g/mol. The summed E-state index contributed by atoms with van der Waals surface area (Å²) in [6, 6.07) is 0. The molecule has 0 saturated carbocycles. The number of amides is 1. The predicted molar refractivity (Wildman–Crippen MR) is 70.0 cm³/mol. The van der Waals surface area contributed by atoms with Gasteiger partial charge in [-0.15, -0.1) is 0 Å². The molecule has 0 aromatic heterocycles. The lowest BCUT2D eigenvalue weighted by molar-refractivity contribution is -0.143. The minimum absolute atomic E-state index is 0.206. The second kappa shape index (κ2) is 8.50. The highest BCUT2D eigenvalue weighted by atomic mass is 16.5. The third kappa shape index (κ3) is 6.23. The highest BCUT2D eigenvalue weighted by Crippen LogP contribution is 2.19. The van der Waals surface area contributed by atoms with Gasteiger partial charge in [0.05, 0.1) is 0 Å². The van der Waals surface area contributed by atoms with Gasteiger partial charge in [-0.3, -0.25) is 4.79 Å². The molecule has 0 unspecified atom stereocenters. The number of carbonyl (C=O) groups excluding carboxylic acids is 2. The highest BCUT2D eigenvalue weighted by molar-refractivity contribution is 5.85. The summed E-state index contributed by atoms with van der Waals surface area (Å²) in [5.74, 6) is -0.730. The molecule has 18 heavy (non-hydrogen) atoms. The molecule has 0 aromatic rings. The molecule has 0 bridgehead atoms. The second-order valence-electron chi connectivity index (χ2n) is 4.32. The molecule has 0 aromatic carbocycles. The van der Waals surface area contributed by atoms with Gasteiger partial charge in [-0.1, -0.05) is 17.7 Å². The van der Waals surface area contributed by atoms with Crippen molar-refractivity contribution in [1.82, 2.24) is 5.32 Å². The fourth-order valence-corrected chi connectivity index (χ4v) is 1.87. The molecule has 0 aliphatic heterocycles. The van der Waals surface area contributed by atoms with Crippen LogP contribution in [0.3, 0.4) is 0 Å². The van der Waals surface area contributed by atoms with Crippen LogP contribution in [-0.2, 0) is 14.3 Å². The number of rotatable bonds is 6. The molecular formula is C14H21NO3. The molecule has 0 spiro atoms. The first kappa shape index (κ1) is 14.5. The molecule has 4 heteroatoms. The Labute approximate surface area is 108 Å². The third-order valence-corrected chi connectivity index (χ3v) is 2.80. The number of hydrogen-bond acceptors (Lipinski definition) is 3. The molecule has 0 fully saturated rings. The fraction of sp³-hybridized carbons (Fsp3) is 0.571. The quantitative estimate of drug-likeness (QED) is 0.447. The minimum atomic E-state index is -0.484. The van der Waals surface area contributed by atoms with Crippen LogP contribution in [0.5, 0.6) is 0 Å². The lowest BCUT2D eigenvalue weighted by Gasteiger charge is -2.12. The Morgan fingerprint density at radius 2 is 2.28 bits per heavy atom. The fourth-order valence-electron chi connectivity index (χ4n) is 1.87. The van der Waals surface area contributed by atoms with Crippen molar-refractivity contribution in [1.29, 1.82) is 0 Å². The Bertz CT molecular complexity index is 345. The first-order valence-electron chi connectivity index (χ1n) is 6.46. The van der Waals surface area contributed by atoms with E-state index in [4.69, 9.17) is 4.74 Å². The van der Waals surface area contributed by atoms with E-state index in [2.05, 4.69) is 11.4 Å². The summed E-state index contributed by atoms with van der Waals surface area (Å²) in [7, 11) is 0. The van der Waals surface area contributed by atoms with Crippen LogP contribution in [0.25, 0.3) is 0 Å². The molecule has 1 aliphatic carbocycles. The molecule has 0 heterocycles. The maximum absolute atomic E-state index is 11.4. The van der Waals surface area contributed by atoms with Crippen LogP contribution < -0.4 is 5.32 Å². The SMILES string of the molecule is C/C=C/C(=O)OCC(=O)NCCC1=CCCCC1. The summed E-state index contributed by atoms with van der Waals surface area (Å²) in [6.07, 6.45) is 10.9. The van der Waals surface area contributed by atoms with E-state index in [1.165, 1.54) is 24.5 Å². The Morgan fingerprint density at radius 3 is 2.94 bits per heavy atom. The number of carbonyl (C=O) groups is 2. The van der Waals surface area contributed by atoms with Gasteiger partial charge in [-0.05, 0) is 39.0 Å². The smallest absolute Gasteiger partial charge is 0.330 e. The molecule has 1 amide bonds. The van der Waals surface area contributed by atoms with Gasteiger partial charge in [0.25, 0.3) is 5.91 Å². The number of esters is 1. The van der Waals surface area contributed by atoms with Gasteiger partial charge >= 0.3 is 5.97 Å². The van der Waals surface area contributed by atoms with Gasteiger partial charge in [-0.25, -0.2) is 4.79 Å². The normalized spacial score (nSPS) is 15.3. The Balaban J connectivity index is 2.09. The van der Waals surface area contributed by atoms with Crippen LogP contribution in [0.4, 0.5) is 0 Å². The summed E-state index contributed by atoms with van der Waals surface area (Å²) in [6.45, 7) is 2.13. The topological polar surface area (TPSA) is 55.4 Å². The molecule has 0 atom stereocenters. The molecule has 4 nitrogen and oxygen atoms in total. The Hall–Kier alpha value is -1.58. The van der Waals surface area contributed by atoms with Gasteiger partial charge in [0.1, 0.15) is 0 Å². The molecule has 0 saturated heterocycles. The van der Waals surface area contributed by atoms with E-state index in [0.717, 1.165) is 19.3 Å². The van der Waals surface area contributed by atoms with Crippen molar-refractivity contribution in [3.8, 4) is 0 Å². The van der Waals surface area contributed by atoms with Crippen molar-refractivity contribution < 1.29 is 14.3 Å². The van der Waals surface area contributed by atoms with Gasteiger partial charge < -0.3 is 10.1 Å². The first-order chi connectivity index (χ1) is 8.72. The van der Waals surface area contributed by atoms with Gasteiger partial charge in [-0.2, -0.15) is 0 Å². The van der Waals surface area contributed by atoms with Crippen molar-refractivity contribution in [2.45, 2.75) is 39.0 Å². The van der Waals surface area contributed by atoms with Crippen LogP contribution in [0.15, 0.2) is 23.8 Å². The zero-order valence-electron chi connectivity index (χ0n) is 10.9. The second-order valence-corrected chi connectivity index (χ2v) is 4.32. The highest BCUT2D eigenvalue weighted by Gasteiger charge is 2.06. The molecule has 1 rings (SSSR count). The summed E-state index contributed by atoms with van der Waals surface area (Å²) in [4.78, 5) is 22.3. The van der Waals surface area contributed by atoms with E-state index >= 15 is 0 Å². The Morgan fingerprint density at radius 1 is 1.44 bits per heavy atom. The van der Waals surface area contributed by atoms with Crippen molar-refractivity contribution in [3.05, 3.63) is 23.8 Å². The maximum atomic E-state index is 11.4. The van der Waals surface area contributed by atoms with Crippen molar-refractivity contribution in [2.24, 2.45) is 0 Å². The summed E-state index contributed by atoms with van der Waals surface area (Å²) in [5.41, 5.74) is 1.42. The average Bonchev–Trinajstić information content (AvgIpc) is 2.38. The number of ether oxygens (including phenoxy) is 1. The third-order valence-electron chi connectivity index (χ3n) is 2.80. The van der Waals surface area contributed by atoms with E-state index in [1.807, 2.05) is 0 Å². The van der Waals surface area contributed by atoms with Gasteiger partial charge in [0.15, 0.2) is 6.61 Å². The average molecular weight is 251 g/mol. The predicted octanol–water partition coefficient (Wildman–Crippen LogP) is 2.11. The number of allylic oxidation sites excluding steroid dienone is 2. The molecule has 1 aliphatic rings. The summed E-state index contributed by atoms with van der Waals surface area (Å²) < 4.78 is 4.73. The maximum Gasteiger partial charge on any atom is 0.330 e. The van der Waals surface area contributed by atoms with Crippen molar-refractivity contribution >= 4 is 11.9 Å². The van der Waals surface area contributed by atoms with Crippen LogP contribution in [0.2, 0.25) is 0 Å². The van der Waals surface area contributed by atoms with Crippen LogP contribution in [0.1, 0.15) is 39.0 Å². The van der Waals surface area contributed by atoms with E-state index < -0.39 is 5.97 Å². The van der Waals surface area contributed by atoms with E-state index in [-0.39, 0.29) is 12.5 Å². The van der Waals surface area contributed by atoms with Crippen molar-refractivity contribution in [2.75, 3.05) is 13.2 Å². The van der Waals surface area contributed by atoms with Gasteiger partial charge in [0.2, 0.25) is 0 Å². The van der Waals surface area contributed by atoms with Crippen LogP contribution in [-0.4, -0.2) is 25.0 Å². The lowest BCUT2D eigenvalue weighted by Crippen LogP contribution is -2.29. The van der Waals surface area contributed by atoms with Crippen molar-refractivity contribution in [3.63, 3.8) is 0 Å². The summed E-state index contributed by atoms with van der Waals surface area (Å²) in [5, 5.41) is 2.75. The zero-order valence-corrected chi connectivity index (χ0v) is 10.9. The molecule has 100 valence electrons. The standard InChI is InChI=1S/C14H21NO3/c1-2-6-14(17)18-11-13(16)15-10-9-12-7-4-3-5-8-12/h2,6-7H,3-5,8-11H2,1H3,(H,15,16)/b6-2+. The van der Waals surface area contributed by atoms with E-state index in [9.17, 15) is 9.59 Å². The largest absolute Gasteiger partial charge is 0.452 e. The lowest BCUT2D eigenvalue weighted by atomic mass is 9.97. The Kier molecular flexibility index (Phi) is 6.84. The van der Waals surface area contributed by atoms with E-state index in [0.29, 0.717) is 6.54 Å². The van der Waals surface area contributed by atoms with Crippen LogP contribution >= 0.6 is 0 Å². The number of nitrogens with one attached hydrogen (secondary N) is 1. The number of hydrogen-bond donors (Lipinski definition) is 1. The molecular weight excluding hydrogens is 230 g/mol. The van der Waals surface area contributed by atoms with E-state index in [1.54, 1.807) is 13.0 Å². The molecule has 0 radical (unpaired) electrons. The van der Waals surface area contributed by atoms with Gasteiger partial charge in [0, 0.05) is 12.6 Å². The molecule has 1 N–H and O–H groups in total. The summed E-state index contributed by atoms with van der Waals surface area (Å²) >= 11 is 0.